The van der Waals surface area contributed by atoms with Gasteiger partial charge in [0.05, 0.1) is 0 Å². The fraction of sp³-hybridized carbons (Fsp3) is 0.100. The van der Waals surface area contributed by atoms with Crippen molar-refractivity contribution >= 4 is 10.8 Å². The van der Waals surface area contributed by atoms with Crippen molar-refractivity contribution in [1.29, 1.82) is 0 Å². The van der Waals surface area contributed by atoms with Gasteiger partial charge in [-0.15, -0.1) is 40.6 Å². The molecule has 0 unspecified atom stereocenters. The fourth-order valence-corrected chi connectivity index (χ4v) is 1.31. The van der Waals surface area contributed by atoms with E-state index in [-0.39, 0.29) is 31.1 Å². The Morgan fingerprint density at radius 1 is 1.08 bits per heavy atom. The van der Waals surface area contributed by atoms with Gasteiger partial charge < -0.3 is 9.41 Å². The Kier molecular flexibility index (Phi) is 6.82. The first-order chi connectivity index (χ1) is 4.86. The van der Waals surface area contributed by atoms with Crippen molar-refractivity contribution in [1.82, 2.24) is 0 Å². The molecule has 2 aromatic carbocycles. The van der Waals surface area contributed by atoms with Crippen LogP contribution < -0.4 is 9.41 Å². The Balaban J connectivity index is 0. The van der Waals surface area contributed by atoms with Gasteiger partial charge in [-0.25, -0.2) is 0 Å². The van der Waals surface area contributed by atoms with Gasteiger partial charge in [0, 0.05) is 0 Å². The monoisotopic (exact) mass is 215 g/mol. The summed E-state index contributed by atoms with van der Waals surface area (Å²) in [7, 11) is 0. The van der Waals surface area contributed by atoms with Gasteiger partial charge in [-0.2, -0.15) is 6.07 Å². The maximum atomic E-state index is 2.20. The minimum Gasteiger partial charge on any atom is -1.00 e. The summed E-state index contributed by atoms with van der Waals surface area (Å²) >= 11 is 0. The number of hydrogen-bond donors (Lipinski definition) is 0. The van der Waals surface area contributed by atoms with Crippen LogP contribution in [0.4, 0.5) is 0 Å². The Bertz CT molecular complexity index is 321. The van der Waals surface area contributed by atoms with Gasteiger partial charge in [0.25, 0.3) is 0 Å². The molecule has 0 aliphatic rings. The number of aryl methyl sites for hydroxylation is 1. The van der Waals surface area contributed by atoms with Crippen LogP contribution in [0.3, 0.4) is 0 Å². The van der Waals surface area contributed by atoms with Crippen molar-refractivity contribution in [3.63, 3.8) is 0 Å². The van der Waals surface area contributed by atoms with E-state index in [2.05, 4.69) is 43.3 Å². The van der Waals surface area contributed by atoms with Crippen LogP contribution in [0.15, 0.2) is 36.4 Å². The van der Waals surface area contributed by atoms with Crippen LogP contribution in [-0.4, -0.2) is 0 Å². The summed E-state index contributed by atoms with van der Waals surface area (Å²) in [6.07, 6.45) is 0. The van der Waals surface area contributed by atoms with Crippen LogP contribution in [0.25, 0.3) is 10.8 Å². The second-order valence-electron chi connectivity index (χ2n) is 2.66. The predicted octanol–water partition coefficient (Wildman–Crippen LogP) is -3.13. The largest absolute Gasteiger partial charge is 3.00 e. The summed E-state index contributed by atoms with van der Waals surface area (Å²) in [5, 5.41) is 2.69. The maximum Gasteiger partial charge on any atom is 3.00 e. The molecule has 0 fully saturated rings. The molecule has 0 amide bonds. The van der Waals surface area contributed by atoms with Gasteiger partial charge in [-0.3, -0.25) is 0 Å². The van der Waals surface area contributed by atoms with Crippen LogP contribution in [0.1, 0.15) is 5.56 Å². The first-order valence-electron chi connectivity index (χ1n) is 3.48. The third-order valence-corrected chi connectivity index (χ3v) is 1.76. The van der Waals surface area contributed by atoms with Crippen molar-refractivity contribution in [3.8, 4) is 0 Å². The first kappa shape index (κ1) is 14.9. The van der Waals surface area contributed by atoms with Crippen molar-refractivity contribution in [2.45, 2.75) is 6.92 Å². The van der Waals surface area contributed by atoms with Crippen LogP contribution >= 0.6 is 0 Å². The minimum absolute atomic E-state index is 0. The van der Waals surface area contributed by atoms with E-state index in [0.29, 0.717) is 0 Å². The SMILES string of the molecule is Cc1cc2ccccc2[cH-]1.[F-].[F-].[Ti+3]. The molecule has 0 aliphatic heterocycles. The molecule has 3 heteroatoms. The molecule has 0 heterocycles. The number of hydrogen-bond acceptors (Lipinski definition) is 0. The quantitative estimate of drug-likeness (QED) is 0.322. The molecule has 0 spiro atoms. The third-order valence-electron chi connectivity index (χ3n) is 1.76. The zero-order chi connectivity index (χ0) is 6.97. The van der Waals surface area contributed by atoms with Crippen molar-refractivity contribution in [3.05, 3.63) is 42.0 Å². The summed E-state index contributed by atoms with van der Waals surface area (Å²) in [6, 6.07) is 12.8. The average Bonchev–Trinajstić information content (AvgIpc) is 2.27. The van der Waals surface area contributed by atoms with E-state index < -0.39 is 0 Å². The topological polar surface area (TPSA) is 0 Å². The van der Waals surface area contributed by atoms with Crippen LogP contribution in [-0.2, 0) is 21.7 Å². The first-order valence-corrected chi connectivity index (χ1v) is 3.48. The zero-order valence-corrected chi connectivity index (χ0v) is 8.78. The molecule has 0 atom stereocenters. The summed E-state index contributed by atoms with van der Waals surface area (Å²) in [6.45, 7) is 2.12. The summed E-state index contributed by atoms with van der Waals surface area (Å²) in [4.78, 5) is 0. The van der Waals surface area contributed by atoms with Gasteiger partial charge in [-0.1, -0.05) is 13.0 Å². The van der Waals surface area contributed by atoms with Crippen molar-refractivity contribution in [2.24, 2.45) is 0 Å². The molecule has 0 nitrogen and oxygen atoms in total. The molecule has 0 saturated heterocycles. The van der Waals surface area contributed by atoms with Gasteiger partial charge >= 0.3 is 21.7 Å². The number of benzene rings is 1. The van der Waals surface area contributed by atoms with E-state index in [0.717, 1.165) is 0 Å². The van der Waals surface area contributed by atoms with E-state index in [4.69, 9.17) is 0 Å². The normalized spacial score (nSPS) is 8.08. The van der Waals surface area contributed by atoms with E-state index in [9.17, 15) is 0 Å². The Morgan fingerprint density at radius 3 is 2.31 bits per heavy atom. The van der Waals surface area contributed by atoms with E-state index >= 15 is 0 Å². The Morgan fingerprint density at radius 2 is 1.69 bits per heavy atom. The smallest absolute Gasteiger partial charge is 1.00 e. The number of rotatable bonds is 0. The minimum atomic E-state index is 0. The van der Waals surface area contributed by atoms with Crippen molar-refractivity contribution in [2.75, 3.05) is 0 Å². The molecule has 13 heavy (non-hydrogen) atoms. The predicted molar refractivity (Wildman–Crippen MR) is 44.3 cm³/mol. The van der Waals surface area contributed by atoms with E-state index in [1.807, 2.05) is 0 Å². The average molecular weight is 215 g/mol. The van der Waals surface area contributed by atoms with Gasteiger partial charge in [0.1, 0.15) is 0 Å². The Hall–Kier alpha value is -0.596. The van der Waals surface area contributed by atoms with E-state index in [1.54, 1.807) is 0 Å². The zero-order valence-electron chi connectivity index (χ0n) is 7.22. The third kappa shape index (κ3) is 2.98. The second kappa shape index (κ2) is 5.95. The van der Waals surface area contributed by atoms with Crippen LogP contribution in [0, 0.1) is 6.92 Å². The molecule has 67 valence electrons. The number of halogens is 2. The van der Waals surface area contributed by atoms with Crippen LogP contribution in [0.2, 0.25) is 0 Å². The van der Waals surface area contributed by atoms with Gasteiger partial charge in [0.15, 0.2) is 0 Å². The summed E-state index contributed by atoms with van der Waals surface area (Å²) in [5.41, 5.74) is 1.35. The molecular formula is C10H9F2Ti. The molecule has 2 aromatic rings. The molecule has 1 radical (unpaired) electrons. The fourth-order valence-electron chi connectivity index (χ4n) is 1.31. The molecule has 0 aromatic heterocycles. The van der Waals surface area contributed by atoms with Gasteiger partial charge in [0.2, 0.25) is 0 Å². The molecule has 0 bridgehead atoms. The molecule has 2 rings (SSSR count). The summed E-state index contributed by atoms with van der Waals surface area (Å²) in [5.74, 6) is 0. The molecule has 0 aliphatic carbocycles. The van der Waals surface area contributed by atoms with E-state index in [1.165, 1.54) is 16.3 Å². The Labute approximate surface area is 90.9 Å². The summed E-state index contributed by atoms with van der Waals surface area (Å²) < 4.78 is 0. The maximum absolute atomic E-state index is 2.20. The van der Waals surface area contributed by atoms with Crippen molar-refractivity contribution < 1.29 is 31.1 Å². The molecular weight excluding hydrogens is 206 g/mol. The molecule has 0 saturated carbocycles. The number of fused-ring (bicyclic) bond motifs is 1. The van der Waals surface area contributed by atoms with Gasteiger partial charge in [-0.05, 0) is 0 Å². The second-order valence-corrected chi connectivity index (χ2v) is 2.66. The standard InChI is InChI=1S/C10H9.2FH.Ti/c1-8-6-9-4-2-3-5-10(9)7-8;;;/h2-7H,1H3;2*1H;/q-1;;;+3/p-2. The molecule has 0 N–H and O–H groups in total. The van der Waals surface area contributed by atoms with Crippen LogP contribution in [0.5, 0.6) is 0 Å².